The number of allylic oxidation sites excluding steroid dienone is 1. The standard InChI is InChI=1S/C13H15NOS/c1-11(2)10-14-13(15)8-4-3-6-12-7-5-9-16-12/h4-5,7-9,11H,10H2,1-2H3,(H,14,15)/b8-4+. The molecule has 0 saturated carbocycles. The highest BCUT2D eigenvalue weighted by Gasteiger charge is 1.95. The van der Waals surface area contributed by atoms with Crippen LogP contribution < -0.4 is 5.32 Å². The summed E-state index contributed by atoms with van der Waals surface area (Å²) in [5.41, 5.74) is 0. The van der Waals surface area contributed by atoms with Crippen molar-refractivity contribution in [2.45, 2.75) is 13.8 Å². The Hall–Kier alpha value is -1.53. The van der Waals surface area contributed by atoms with E-state index in [0.29, 0.717) is 12.5 Å². The van der Waals surface area contributed by atoms with Crippen LogP contribution in [0.15, 0.2) is 29.7 Å². The van der Waals surface area contributed by atoms with Crippen molar-refractivity contribution in [3.05, 3.63) is 34.5 Å². The minimum Gasteiger partial charge on any atom is -0.352 e. The average molecular weight is 233 g/mol. The molecule has 0 aliphatic heterocycles. The van der Waals surface area contributed by atoms with E-state index in [4.69, 9.17) is 0 Å². The summed E-state index contributed by atoms with van der Waals surface area (Å²) in [6.07, 6.45) is 3.04. The number of rotatable bonds is 3. The molecule has 1 amide bonds. The van der Waals surface area contributed by atoms with Gasteiger partial charge in [-0.3, -0.25) is 4.79 Å². The Kier molecular flexibility index (Phi) is 5.38. The zero-order valence-corrected chi connectivity index (χ0v) is 10.3. The fourth-order valence-corrected chi connectivity index (χ4v) is 1.52. The third-order valence-electron chi connectivity index (χ3n) is 1.72. The molecule has 0 aliphatic rings. The molecule has 0 bridgehead atoms. The van der Waals surface area contributed by atoms with Crippen LogP contribution in [0.4, 0.5) is 0 Å². The summed E-state index contributed by atoms with van der Waals surface area (Å²) >= 11 is 1.59. The van der Waals surface area contributed by atoms with Crippen LogP contribution in [0, 0.1) is 17.8 Å². The largest absolute Gasteiger partial charge is 0.352 e. The number of carbonyl (C=O) groups excluding carboxylic acids is 1. The number of hydrogen-bond acceptors (Lipinski definition) is 2. The van der Waals surface area contributed by atoms with Gasteiger partial charge < -0.3 is 5.32 Å². The maximum atomic E-state index is 11.2. The third-order valence-corrected chi connectivity index (χ3v) is 2.50. The SMILES string of the molecule is CC(C)CNC(=O)/C=C/C#Cc1cccs1. The summed E-state index contributed by atoms with van der Waals surface area (Å²) in [6, 6.07) is 3.90. The van der Waals surface area contributed by atoms with Crippen LogP contribution in [0.2, 0.25) is 0 Å². The minimum absolute atomic E-state index is 0.0887. The molecule has 0 atom stereocenters. The molecule has 0 unspecified atom stereocenters. The predicted octanol–water partition coefficient (Wildman–Crippen LogP) is 2.43. The topological polar surface area (TPSA) is 29.1 Å². The minimum atomic E-state index is -0.0887. The lowest BCUT2D eigenvalue weighted by molar-refractivity contribution is -0.116. The first kappa shape index (κ1) is 12.5. The number of thiophene rings is 1. The summed E-state index contributed by atoms with van der Waals surface area (Å²) in [7, 11) is 0. The number of hydrogen-bond donors (Lipinski definition) is 1. The van der Waals surface area contributed by atoms with Gasteiger partial charge in [-0.2, -0.15) is 0 Å². The van der Waals surface area contributed by atoms with E-state index in [1.165, 1.54) is 6.08 Å². The molecule has 1 heterocycles. The summed E-state index contributed by atoms with van der Waals surface area (Å²) < 4.78 is 0. The van der Waals surface area contributed by atoms with Crippen molar-refractivity contribution in [2.75, 3.05) is 6.54 Å². The molecule has 0 spiro atoms. The van der Waals surface area contributed by atoms with Crippen LogP contribution in [0.25, 0.3) is 0 Å². The highest BCUT2D eigenvalue weighted by molar-refractivity contribution is 7.10. The zero-order chi connectivity index (χ0) is 11.8. The van der Waals surface area contributed by atoms with Gasteiger partial charge in [0.15, 0.2) is 0 Å². The van der Waals surface area contributed by atoms with E-state index < -0.39 is 0 Å². The van der Waals surface area contributed by atoms with Gasteiger partial charge >= 0.3 is 0 Å². The first-order valence-corrected chi connectivity index (χ1v) is 6.06. The van der Waals surface area contributed by atoms with E-state index in [9.17, 15) is 4.79 Å². The van der Waals surface area contributed by atoms with Gasteiger partial charge in [-0.05, 0) is 23.4 Å². The molecule has 2 nitrogen and oxygen atoms in total. The van der Waals surface area contributed by atoms with Gasteiger partial charge in [-0.25, -0.2) is 0 Å². The number of carbonyl (C=O) groups is 1. The summed E-state index contributed by atoms with van der Waals surface area (Å²) in [5.74, 6) is 6.15. The second-order valence-corrected chi connectivity index (χ2v) is 4.67. The van der Waals surface area contributed by atoms with Crippen LogP contribution in [-0.2, 0) is 4.79 Å². The van der Waals surface area contributed by atoms with E-state index in [-0.39, 0.29) is 5.91 Å². The second-order valence-electron chi connectivity index (χ2n) is 3.72. The predicted molar refractivity (Wildman–Crippen MR) is 68.2 cm³/mol. The molecule has 16 heavy (non-hydrogen) atoms. The maximum Gasteiger partial charge on any atom is 0.244 e. The molecule has 1 aromatic heterocycles. The van der Waals surface area contributed by atoms with E-state index in [1.807, 2.05) is 17.5 Å². The average Bonchev–Trinajstić information content (AvgIpc) is 2.74. The van der Waals surface area contributed by atoms with Crippen molar-refractivity contribution < 1.29 is 4.79 Å². The van der Waals surface area contributed by atoms with Gasteiger partial charge in [0.1, 0.15) is 0 Å². The molecule has 84 valence electrons. The van der Waals surface area contributed by atoms with Crippen molar-refractivity contribution in [3.8, 4) is 11.8 Å². The van der Waals surface area contributed by atoms with Crippen LogP contribution in [0.3, 0.4) is 0 Å². The lowest BCUT2D eigenvalue weighted by atomic mass is 10.2. The molecular formula is C13H15NOS. The smallest absolute Gasteiger partial charge is 0.244 e. The van der Waals surface area contributed by atoms with Gasteiger partial charge in [0.05, 0.1) is 4.88 Å². The van der Waals surface area contributed by atoms with E-state index >= 15 is 0 Å². The second kappa shape index (κ2) is 6.86. The highest BCUT2D eigenvalue weighted by atomic mass is 32.1. The first-order valence-electron chi connectivity index (χ1n) is 5.18. The molecule has 0 fully saturated rings. The summed E-state index contributed by atoms with van der Waals surface area (Å²) in [6.45, 7) is 4.81. The molecule has 0 radical (unpaired) electrons. The van der Waals surface area contributed by atoms with E-state index in [1.54, 1.807) is 17.4 Å². The Morgan fingerprint density at radius 2 is 2.44 bits per heavy atom. The van der Waals surface area contributed by atoms with Crippen molar-refractivity contribution in [3.63, 3.8) is 0 Å². The van der Waals surface area contributed by atoms with Crippen molar-refractivity contribution in [1.29, 1.82) is 0 Å². The Balaban J connectivity index is 2.34. The van der Waals surface area contributed by atoms with Gasteiger partial charge in [0.25, 0.3) is 0 Å². The molecule has 1 N–H and O–H groups in total. The molecule has 0 aliphatic carbocycles. The Labute approximate surface area is 100 Å². The fourth-order valence-electron chi connectivity index (χ4n) is 0.943. The van der Waals surface area contributed by atoms with Crippen LogP contribution in [0.1, 0.15) is 18.7 Å². The fraction of sp³-hybridized carbons (Fsp3) is 0.308. The van der Waals surface area contributed by atoms with Crippen LogP contribution in [0.5, 0.6) is 0 Å². The van der Waals surface area contributed by atoms with Gasteiger partial charge in [-0.15, -0.1) is 11.3 Å². The number of amides is 1. The van der Waals surface area contributed by atoms with Gasteiger partial charge in [0, 0.05) is 12.6 Å². The maximum absolute atomic E-state index is 11.2. The molecule has 0 saturated heterocycles. The molecule has 1 rings (SSSR count). The van der Waals surface area contributed by atoms with Gasteiger partial charge in [0.2, 0.25) is 5.91 Å². The van der Waals surface area contributed by atoms with Crippen molar-refractivity contribution in [2.24, 2.45) is 5.92 Å². The van der Waals surface area contributed by atoms with Crippen LogP contribution >= 0.6 is 11.3 Å². The highest BCUT2D eigenvalue weighted by Crippen LogP contribution is 2.05. The van der Waals surface area contributed by atoms with E-state index in [0.717, 1.165) is 4.88 Å². The van der Waals surface area contributed by atoms with Crippen molar-refractivity contribution in [1.82, 2.24) is 5.32 Å². The third kappa shape index (κ3) is 5.38. The molecule has 0 aromatic carbocycles. The van der Waals surface area contributed by atoms with Crippen molar-refractivity contribution >= 4 is 17.2 Å². The monoisotopic (exact) mass is 233 g/mol. The summed E-state index contributed by atoms with van der Waals surface area (Å²) in [5, 5.41) is 4.76. The Morgan fingerprint density at radius 3 is 3.06 bits per heavy atom. The molecular weight excluding hydrogens is 218 g/mol. The molecule has 1 aromatic rings. The zero-order valence-electron chi connectivity index (χ0n) is 9.49. The lowest BCUT2D eigenvalue weighted by Gasteiger charge is -2.03. The lowest BCUT2D eigenvalue weighted by Crippen LogP contribution is -2.25. The first-order chi connectivity index (χ1) is 7.68. The summed E-state index contributed by atoms with van der Waals surface area (Å²) in [4.78, 5) is 12.3. The van der Waals surface area contributed by atoms with Gasteiger partial charge in [-0.1, -0.05) is 31.8 Å². The number of nitrogens with one attached hydrogen (secondary N) is 1. The normalized spacial score (nSPS) is 10.2. The Morgan fingerprint density at radius 1 is 1.62 bits per heavy atom. The van der Waals surface area contributed by atoms with Crippen LogP contribution in [-0.4, -0.2) is 12.5 Å². The quantitative estimate of drug-likeness (QED) is 0.630. The Bertz CT molecular complexity index is 407. The molecule has 3 heteroatoms. The van der Waals surface area contributed by atoms with E-state index in [2.05, 4.69) is 31.0 Å².